The lowest BCUT2D eigenvalue weighted by Crippen LogP contribution is -2.71. The van der Waals surface area contributed by atoms with Gasteiger partial charge in [0.05, 0.1) is 0 Å². The van der Waals surface area contributed by atoms with Crippen LogP contribution in [0.4, 0.5) is 5.13 Å². The summed E-state index contributed by atoms with van der Waals surface area (Å²) in [6.45, 7) is 2.33. The molecule has 2 fully saturated rings. The van der Waals surface area contributed by atoms with Crippen LogP contribution in [0.15, 0.2) is 36.6 Å². The topological polar surface area (TPSA) is 273 Å². The summed E-state index contributed by atoms with van der Waals surface area (Å²) < 4.78 is 1.25. The molecule has 0 radical (unpaired) electrons. The highest BCUT2D eigenvalue weighted by molar-refractivity contribution is 8.01. The molecule has 2 aromatic heterocycles. The Labute approximate surface area is 301 Å². The second-order valence-electron chi connectivity index (χ2n) is 10.9. The van der Waals surface area contributed by atoms with Crippen molar-refractivity contribution in [2.45, 2.75) is 42.4 Å². The van der Waals surface area contributed by atoms with E-state index in [0.29, 0.717) is 24.3 Å². The number of thiazole rings is 1. The SMILES string of the molecule is CO/N=C(\C(=O)N[C@@H]1C(=O)N2C(C(=O)O)=C(CSc3nc(=O)c(=O)[nH]n3C)CS[C@H]12)c1csc(N)n1.C[C@H](CS)C(=O)N1CCC[C@H]1C(=O)O. The molecule has 3 aliphatic rings. The maximum absolute atomic E-state index is 12.9. The molecule has 2 aromatic rings. The molecule has 0 bridgehead atoms. The Kier molecular flexibility index (Phi) is 12.7. The van der Waals surface area contributed by atoms with Crippen LogP contribution >= 0.6 is 47.5 Å². The van der Waals surface area contributed by atoms with Crippen molar-refractivity contribution in [3.8, 4) is 0 Å². The largest absolute Gasteiger partial charge is 0.480 e. The molecule has 23 heteroatoms. The molecule has 6 N–H and O–H groups in total. The Bertz CT molecular complexity index is 1860. The van der Waals surface area contributed by atoms with Gasteiger partial charge in [0.2, 0.25) is 5.91 Å². The minimum Gasteiger partial charge on any atom is -0.480 e. The zero-order valence-electron chi connectivity index (χ0n) is 26.7. The molecule has 5 rings (SSSR count). The number of hydrogen-bond donors (Lipinski definition) is 6. The molecule has 19 nitrogen and oxygen atoms in total. The second-order valence-corrected chi connectivity index (χ2v) is 14.2. The summed E-state index contributed by atoms with van der Waals surface area (Å²) >= 11 is 7.44. The lowest BCUT2D eigenvalue weighted by Gasteiger charge is -2.49. The standard InChI is InChI=1S/C18H18N8O7S3.C9H15NO3S/c1-25-18(22-12(28)13(29)23-25)36-4-6-3-34-15-9(14(30)26(15)10(6)16(31)32)21-11(27)8(24-33-2)7-5-35-17(19)20-7;1-6(5-14)8(11)10-4-2-3-7(10)9(12)13/h5,9,15H,3-4H2,1-2H3,(H2,19,20)(H,21,27)(H,23,29)(H,31,32);6-7,14H,2-5H2,1H3,(H,12,13)/b24-8-;/t9-,15-;6-,7+/m11/s1. The Hall–Kier alpha value is -4.35. The number of carbonyl (C=O) groups excluding carboxylic acids is 3. The fourth-order valence-electron chi connectivity index (χ4n) is 5.09. The van der Waals surface area contributed by atoms with Gasteiger partial charge in [-0.25, -0.2) is 14.6 Å². The fraction of sp³-hybridized carbons (Fsp3) is 0.481. The van der Waals surface area contributed by atoms with Crippen LogP contribution in [0.2, 0.25) is 0 Å². The molecule has 0 aliphatic carbocycles. The average molecular weight is 772 g/mol. The summed E-state index contributed by atoms with van der Waals surface area (Å²) in [5.74, 6) is -3.03. The Morgan fingerprint density at radius 1 is 1.26 bits per heavy atom. The number of β-lactam (4-membered cyclic amide) rings is 1. The maximum Gasteiger partial charge on any atom is 0.352 e. The number of H-pyrrole nitrogens is 1. The zero-order chi connectivity index (χ0) is 36.9. The molecule has 270 valence electrons. The highest BCUT2D eigenvalue weighted by Gasteiger charge is 2.54. The van der Waals surface area contributed by atoms with Gasteiger partial charge in [0, 0.05) is 42.1 Å². The van der Waals surface area contributed by atoms with Crippen LogP contribution in [-0.2, 0) is 35.9 Å². The van der Waals surface area contributed by atoms with Gasteiger partial charge >= 0.3 is 23.1 Å². The second kappa shape index (κ2) is 16.6. The van der Waals surface area contributed by atoms with Gasteiger partial charge in [-0.3, -0.25) is 38.7 Å². The van der Waals surface area contributed by atoms with Crippen LogP contribution in [0.1, 0.15) is 25.5 Å². The number of aliphatic carboxylic acids is 2. The van der Waals surface area contributed by atoms with Gasteiger partial charge in [0.1, 0.15) is 36.0 Å². The van der Waals surface area contributed by atoms with Gasteiger partial charge in [-0.15, -0.1) is 23.1 Å². The summed E-state index contributed by atoms with van der Waals surface area (Å²) in [6.07, 6.45) is 1.35. The molecule has 2 saturated heterocycles. The van der Waals surface area contributed by atoms with E-state index in [-0.39, 0.29) is 50.7 Å². The van der Waals surface area contributed by atoms with Crippen molar-refractivity contribution >= 4 is 88.0 Å². The number of nitrogens with zero attached hydrogens (tertiary/aromatic N) is 6. The number of nitrogens with one attached hydrogen (secondary N) is 2. The number of carboxylic acid groups (broad SMARTS) is 2. The molecule has 0 saturated carbocycles. The first-order valence-corrected chi connectivity index (χ1v) is 18.2. The van der Waals surface area contributed by atoms with E-state index in [9.17, 15) is 38.7 Å². The summed E-state index contributed by atoms with van der Waals surface area (Å²) in [5.41, 5.74) is 4.00. The predicted octanol–water partition coefficient (Wildman–Crippen LogP) is -0.983. The summed E-state index contributed by atoms with van der Waals surface area (Å²) in [6, 6.07) is -1.62. The van der Waals surface area contributed by atoms with E-state index in [2.05, 4.69) is 38.2 Å². The lowest BCUT2D eigenvalue weighted by atomic mass is 10.0. The third-order valence-corrected chi connectivity index (χ3v) is 11.2. The number of amides is 3. The highest BCUT2D eigenvalue weighted by Crippen LogP contribution is 2.41. The number of thiol groups is 1. The van der Waals surface area contributed by atoms with Gasteiger partial charge in [0.25, 0.3) is 11.8 Å². The van der Waals surface area contributed by atoms with E-state index < -0.39 is 52.3 Å². The smallest absolute Gasteiger partial charge is 0.352 e. The normalized spacial score (nSPS) is 20.7. The van der Waals surface area contributed by atoms with Gasteiger partial charge in [0.15, 0.2) is 16.0 Å². The van der Waals surface area contributed by atoms with Crippen LogP contribution in [0, 0.1) is 5.92 Å². The van der Waals surface area contributed by atoms with Crippen molar-refractivity contribution < 1.29 is 39.0 Å². The monoisotopic (exact) mass is 771 g/mol. The van der Waals surface area contributed by atoms with E-state index in [1.807, 2.05) is 0 Å². The number of rotatable bonds is 11. The quantitative estimate of drug-likeness (QED) is 0.0400. The van der Waals surface area contributed by atoms with Crippen molar-refractivity contribution in [2.75, 3.05) is 36.6 Å². The number of carboxylic acids is 2. The molecular formula is C27H33N9O10S4. The van der Waals surface area contributed by atoms with Gasteiger partial charge in [-0.1, -0.05) is 23.8 Å². The number of oxime groups is 1. The number of aromatic amines is 1. The van der Waals surface area contributed by atoms with Gasteiger partial charge in [-0.2, -0.15) is 17.6 Å². The third-order valence-electron chi connectivity index (χ3n) is 7.54. The van der Waals surface area contributed by atoms with E-state index in [1.54, 1.807) is 6.92 Å². The van der Waals surface area contributed by atoms with Crippen molar-refractivity contribution in [3.05, 3.63) is 43.1 Å². The summed E-state index contributed by atoms with van der Waals surface area (Å²) in [7, 11) is 2.74. The van der Waals surface area contributed by atoms with Crippen LogP contribution in [0.25, 0.3) is 0 Å². The number of anilines is 1. The fourth-order valence-corrected chi connectivity index (χ4v) is 8.19. The minimum absolute atomic E-state index is 0.0927. The molecule has 0 unspecified atom stereocenters. The first kappa shape index (κ1) is 38.5. The molecular weight excluding hydrogens is 739 g/mol. The molecule has 50 heavy (non-hydrogen) atoms. The van der Waals surface area contributed by atoms with Crippen LogP contribution in [0.3, 0.4) is 0 Å². The van der Waals surface area contributed by atoms with E-state index in [0.717, 1.165) is 34.4 Å². The number of thioether (sulfide) groups is 2. The van der Waals surface area contributed by atoms with Crippen LogP contribution in [0.5, 0.6) is 0 Å². The zero-order valence-corrected chi connectivity index (χ0v) is 30.1. The number of aryl methyl sites for hydroxylation is 1. The number of likely N-dealkylation sites (tertiary alicyclic amines) is 1. The molecule has 0 spiro atoms. The molecule has 3 aliphatic heterocycles. The van der Waals surface area contributed by atoms with E-state index in [4.69, 9.17) is 15.7 Å². The number of carbonyl (C=O) groups is 5. The van der Waals surface area contributed by atoms with E-state index in [1.165, 1.54) is 40.9 Å². The average Bonchev–Trinajstić information content (AvgIpc) is 3.75. The first-order valence-electron chi connectivity index (χ1n) is 14.7. The number of fused-ring (bicyclic) bond motifs is 1. The number of nitrogen functional groups attached to an aromatic ring is 1. The van der Waals surface area contributed by atoms with Crippen LogP contribution in [-0.4, -0.2) is 124 Å². The highest BCUT2D eigenvalue weighted by atomic mass is 32.2. The lowest BCUT2D eigenvalue weighted by molar-refractivity contribution is -0.150. The summed E-state index contributed by atoms with van der Waals surface area (Å²) in [4.78, 5) is 98.2. The maximum atomic E-state index is 12.9. The van der Waals surface area contributed by atoms with Crippen molar-refractivity contribution in [2.24, 2.45) is 18.1 Å². The van der Waals surface area contributed by atoms with Crippen molar-refractivity contribution in [1.82, 2.24) is 34.9 Å². The number of nitrogens with two attached hydrogens (primary N) is 1. The molecule has 4 atom stereocenters. The number of hydrogen-bond acceptors (Lipinski definition) is 16. The van der Waals surface area contributed by atoms with Crippen molar-refractivity contribution in [3.63, 3.8) is 0 Å². The van der Waals surface area contributed by atoms with Gasteiger partial charge in [-0.05, 0) is 18.4 Å². The predicted molar refractivity (Wildman–Crippen MR) is 186 cm³/mol. The first-order chi connectivity index (χ1) is 23.7. The summed E-state index contributed by atoms with van der Waals surface area (Å²) in [5, 5.41) is 28.5. The molecule has 0 aromatic carbocycles. The Morgan fingerprint density at radius 3 is 2.58 bits per heavy atom. The van der Waals surface area contributed by atoms with Crippen molar-refractivity contribution in [1.29, 1.82) is 0 Å². The Morgan fingerprint density at radius 2 is 1.98 bits per heavy atom. The molecule has 5 heterocycles. The van der Waals surface area contributed by atoms with Gasteiger partial charge < -0.3 is 31.0 Å². The Balaban J connectivity index is 0.000000337. The number of aromatic nitrogens is 4. The van der Waals surface area contributed by atoms with Crippen LogP contribution < -0.4 is 22.2 Å². The minimum atomic E-state index is -1.31. The third kappa shape index (κ3) is 8.33. The van der Waals surface area contributed by atoms with E-state index >= 15 is 0 Å². The molecule has 3 amide bonds.